The van der Waals surface area contributed by atoms with Crippen LogP contribution in [0, 0.1) is 11.8 Å². The van der Waals surface area contributed by atoms with Crippen molar-refractivity contribution in [3.63, 3.8) is 0 Å². The molecule has 0 aliphatic heterocycles. The van der Waals surface area contributed by atoms with Crippen molar-refractivity contribution in [2.24, 2.45) is 17.0 Å². The molecule has 2 aliphatic carbocycles. The van der Waals surface area contributed by atoms with Gasteiger partial charge in [0.1, 0.15) is 11.5 Å². The molecule has 6 rings (SSSR count). The van der Waals surface area contributed by atoms with E-state index in [1.807, 2.05) is 42.5 Å². The van der Waals surface area contributed by atoms with Crippen LogP contribution in [0.2, 0.25) is 0 Å². The maximum absolute atomic E-state index is 13.5. The number of allylic oxidation sites excluding steroid dienone is 8. The molecule has 0 amide bonds. The summed E-state index contributed by atoms with van der Waals surface area (Å²) in [6, 6.07) is 20.2. The van der Waals surface area contributed by atoms with Crippen LogP contribution in [-0.4, -0.2) is 33.9 Å². The van der Waals surface area contributed by atoms with Crippen LogP contribution in [0.4, 0.5) is 0 Å². The van der Waals surface area contributed by atoms with Gasteiger partial charge in [-0.2, -0.15) is 0 Å². The van der Waals surface area contributed by atoms with Crippen LogP contribution in [0.1, 0.15) is 81.0 Å². The summed E-state index contributed by atoms with van der Waals surface area (Å²) in [7, 11) is 0. The molecule has 0 N–H and O–H groups in total. The number of hydrogen-bond donors (Lipinski definition) is 0. The number of carbonyl (C=O) groups excluding carboxylic acids is 3. The third-order valence-corrected chi connectivity index (χ3v) is 9.43. The third-order valence-electron chi connectivity index (χ3n) is 9.43. The maximum atomic E-state index is 13.5. The summed E-state index contributed by atoms with van der Waals surface area (Å²) < 4.78 is 8.59. The predicted octanol–water partition coefficient (Wildman–Crippen LogP) is 9.68. The van der Waals surface area contributed by atoms with Crippen molar-refractivity contribution < 1.29 is 24.0 Å². The molecule has 3 aromatic carbocycles. The molecule has 0 saturated carbocycles. The molecular formula is C42H42N2O5. The summed E-state index contributed by atoms with van der Waals surface area (Å²) >= 11 is 0. The zero-order valence-electron chi connectivity index (χ0n) is 28.7. The SMILES string of the molecule is CCC(CC)Oc1ccc2c3cc(C(=O)C(C)=NOC(=O)c4ccccc4)ccc3n(C3=CC=C(C(=O)C4=CCC(C)C=C4)CC3C)c2c1. The number of carbonyl (C=O) groups is 3. The Balaban J connectivity index is 1.39. The fourth-order valence-electron chi connectivity index (χ4n) is 6.53. The van der Waals surface area contributed by atoms with Gasteiger partial charge in [0.05, 0.1) is 22.7 Å². The van der Waals surface area contributed by atoms with Gasteiger partial charge in [-0.1, -0.05) is 75.4 Å². The van der Waals surface area contributed by atoms with Crippen LogP contribution in [0.15, 0.2) is 113 Å². The average Bonchev–Trinajstić information content (AvgIpc) is 3.45. The molecule has 2 atom stereocenters. The van der Waals surface area contributed by atoms with Crippen LogP contribution in [0.25, 0.3) is 27.5 Å². The number of benzene rings is 3. The van der Waals surface area contributed by atoms with Gasteiger partial charge in [0.25, 0.3) is 0 Å². The molecule has 7 heteroatoms. The van der Waals surface area contributed by atoms with E-state index >= 15 is 0 Å². The Morgan fingerprint density at radius 2 is 1.67 bits per heavy atom. The van der Waals surface area contributed by atoms with E-state index in [0.29, 0.717) is 23.5 Å². The second-order valence-electron chi connectivity index (χ2n) is 13.0. The molecule has 1 aromatic heterocycles. The molecule has 2 aliphatic rings. The Bertz CT molecular complexity index is 2090. The molecule has 0 radical (unpaired) electrons. The van der Waals surface area contributed by atoms with Gasteiger partial charge in [0.15, 0.2) is 5.78 Å². The maximum Gasteiger partial charge on any atom is 0.365 e. The number of Topliss-reactive ketones (excluding diaryl/α,β-unsaturated/α-hetero) is 2. The zero-order chi connectivity index (χ0) is 34.7. The smallest absolute Gasteiger partial charge is 0.365 e. The molecular weight excluding hydrogens is 612 g/mol. The van der Waals surface area contributed by atoms with E-state index in [1.54, 1.807) is 36.4 Å². The highest BCUT2D eigenvalue weighted by molar-refractivity contribution is 6.45. The van der Waals surface area contributed by atoms with Gasteiger partial charge in [-0.25, -0.2) is 4.79 Å². The number of nitrogens with zero attached hydrogens (tertiary/aromatic N) is 2. The summed E-state index contributed by atoms with van der Waals surface area (Å²) in [5.41, 5.74) is 5.36. The van der Waals surface area contributed by atoms with E-state index in [2.05, 4.69) is 55.6 Å². The summed E-state index contributed by atoms with van der Waals surface area (Å²) in [6.45, 7) is 10.1. The lowest BCUT2D eigenvalue weighted by atomic mass is 9.86. The van der Waals surface area contributed by atoms with Crippen molar-refractivity contribution in [2.45, 2.75) is 66.4 Å². The molecule has 7 nitrogen and oxygen atoms in total. The van der Waals surface area contributed by atoms with E-state index in [1.165, 1.54) is 6.92 Å². The Kier molecular flexibility index (Phi) is 9.90. The topological polar surface area (TPSA) is 87.0 Å². The molecule has 2 unspecified atom stereocenters. The molecule has 0 fully saturated rings. The summed E-state index contributed by atoms with van der Waals surface area (Å²) in [5.74, 6) is 0.393. The van der Waals surface area contributed by atoms with Gasteiger partial charge >= 0.3 is 5.97 Å². The van der Waals surface area contributed by atoms with Crippen molar-refractivity contribution in [3.05, 3.63) is 119 Å². The molecule has 0 saturated heterocycles. The second kappa shape index (κ2) is 14.4. The van der Waals surface area contributed by atoms with Crippen LogP contribution in [0.3, 0.4) is 0 Å². The minimum atomic E-state index is -0.631. The summed E-state index contributed by atoms with van der Waals surface area (Å²) in [4.78, 5) is 44.4. The molecule has 4 aromatic rings. The first-order valence-electron chi connectivity index (χ1n) is 17.1. The average molecular weight is 655 g/mol. The zero-order valence-corrected chi connectivity index (χ0v) is 28.7. The fourth-order valence-corrected chi connectivity index (χ4v) is 6.53. The highest BCUT2D eigenvalue weighted by atomic mass is 16.7. The highest BCUT2D eigenvalue weighted by Crippen LogP contribution is 2.40. The summed E-state index contributed by atoms with van der Waals surface area (Å²) in [5, 5.41) is 5.73. The first-order valence-corrected chi connectivity index (χ1v) is 17.1. The third kappa shape index (κ3) is 6.98. The largest absolute Gasteiger partial charge is 0.490 e. The Morgan fingerprint density at radius 3 is 2.37 bits per heavy atom. The first kappa shape index (κ1) is 33.6. The lowest BCUT2D eigenvalue weighted by Gasteiger charge is -2.24. The van der Waals surface area contributed by atoms with E-state index in [9.17, 15) is 14.4 Å². The summed E-state index contributed by atoms with van der Waals surface area (Å²) in [6.07, 6.45) is 13.5. The standard InChI is InChI=1S/C42H42N2O5/c1-6-33(7-2)48-34-19-20-35-36-24-32(40(45)28(5)43-49-42(47)30-11-9-8-10-12-30)18-22-38(36)44(39(35)25-34)37-21-17-31(23-27(37)4)41(46)29-15-13-26(3)14-16-29/h8-13,15-22,24-27,33H,6-7,14,23H2,1-5H3. The normalized spacial score (nSPS) is 17.9. The van der Waals surface area contributed by atoms with Crippen molar-refractivity contribution in [1.82, 2.24) is 4.57 Å². The van der Waals surface area contributed by atoms with Crippen LogP contribution >= 0.6 is 0 Å². The van der Waals surface area contributed by atoms with Crippen molar-refractivity contribution in [3.8, 4) is 5.75 Å². The van der Waals surface area contributed by atoms with Crippen molar-refractivity contribution in [1.29, 1.82) is 0 Å². The Labute approximate surface area is 287 Å². The van der Waals surface area contributed by atoms with Crippen molar-refractivity contribution >= 4 is 50.8 Å². The van der Waals surface area contributed by atoms with Crippen LogP contribution < -0.4 is 4.74 Å². The van der Waals surface area contributed by atoms with Crippen molar-refractivity contribution in [2.75, 3.05) is 0 Å². The number of fused-ring (bicyclic) bond motifs is 3. The lowest BCUT2D eigenvalue weighted by molar-refractivity contribution is -0.112. The van der Waals surface area contributed by atoms with Gasteiger partial charge in [0, 0.05) is 45.2 Å². The number of hydrogen-bond acceptors (Lipinski definition) is 6. The van der Waals surface area contributed by atoms with Gasteiger partial charge in [-0.05, 0) is 87.1 Å². The number of oxime groups is 1. The minimum absolute atomic E-state index is 0.0495. The van der Waals surface area contributed by atoms with E-state index < -0.39 is 5.97 Å². The molecule has 49 heavy (non-hydrogen) atoms. The molecule has 1 heterocycles. The van der Waals surface area contributed by atoms with Gasteiger partial charge in [0.2, 0.25) is 5.78 Å². The number of rotatable bonds is 11. The van der Waals surface area contributed by atoms with E-state index in [-0.39, 0.29) is 29.3 Å². The highest BCUT2D eigenvalue weighted by Gasteiger charge is 2.26. The monoisotopic (exact) mass is 654 g/mol. The van der Waals surface area contributed by atoms with Gasteiger partial charge < -0.3 is 14.1 Å². The predicted molar refractivity (Wildman–Crippen MR) is 196 cm³/mol. The number of ether oxygens (including phenoxy) is 1. The fraction of sp³-hybridized carbons (Fsp3) is 0.286. The van der Waals surface area contributed by atoms with Crippen LogP contribution in [0.5, 0.6) is 5.75 Å². The quantitative estimate of drug-likeness (QED) is 0.0696. The second-order valence-corrected chi connectivity index (χ2v) is 13.0. The molecule has 0 spiro atoms. The van der Waals surface area contributed by atoms with E-state index in [4.69, 9.17) is 9.57 Å². The lowest BCUT2D eigenvalue weighted by Crippen LogP contribution is -2.16. The van der Waals surface area contributed by atoms with E-state index in [0.717, 1.165) is 63.7 Å². The Hall–Kier alpha value is -5.30. The molecule has 250 valence electrons. The number of aromatic nitrogens is 1. The first-order chi connectivity index (χ1) is 23.7. The molecule has 0 bridgehead atoms. The minimum Gasteiger partial charge on any atom is -0.490 e. The number of ketones is 2. The Morgan fingerprint density at radius 1 is 0.898 bits per heavy atom. The van der Waals surface area contributed by atoms with Gasteiger partial charge in [-0.15, -0.1) is 0 Å². The van der Waals surface area contributed by atoms with Gasteiger partial charge in [-0.3, -0.25) is 9.59 Å². The van der Waals surface area contributed by atoms with Crippen LogP contribution in [-0.2, 0) is 9.63 Å².